The van der Waals surface area contributed by atoms with Gasteiger partial charge in [0, 0.05) is 19.5 Å². The SMILES string of the molecule is CN1CCC(CC(=O)N2CCC[C@H]2Cn2cc(C(=O)NCc3ccccc3)nn2)CC1. The van der Waals surface area contributed by atoms with E-state index in [1.807, 2.05) is 35.2 Å². The monoisotopic (exact) mass is 424 g/mol. The molecule has 2 amide bonds. The van der Waals surface area contributed by atoms with Gasteiger partial charge in [-0.2, -0.15) is 0 Å². The smallest absolute Gasteiger partial charge is 0.273 e. The molecule has 0 bridgehead atoms. The molecule has 166 valence electrons. The van der Waals surface area contributed by atoms with E-state index in [-0.39, 0.29) is 17.9 Å². The number of hydrogen-bond acceptors (Lipinski definition) is 5. The van der Waals surface area contributed by atoms with Gasteiger partial charge >= 0.3 is 0 Å². The summed E-state index contributed by atoms with van der Waals surface area (Å²) in [5, 5.41) is 11.0. The summed E-state index contributed by atoms with van der Waals surface area (Å²) < 4.78 is 1.70. The van der Waals surface area contributed by atoms with E-state index in [2.05, 4.69) is 27.6 Å². The number of benzene rings is 1. The second-order valence-electron chi connectivity index (χ2n) is 8.83. The second kappa shape index (κ2) is 10.0. The van der Waals surface area contributed by atoms with Crippen LogP contribution in [0.25, 0.3) is 0 Å². The summed E-state index contributed by atoms with van der Waals surface area (Å²) in [7, 11) is 2.14. The Hall–Kier alpha value is -2.74. The lowest BCUT2D eigenvalue weighted by atomic mass is 9.93. The highest BCUT2D eigenvalue weighted by atomic mass is 16.2. The highest BCUT2D eigenvalue weighted by molar-refractivity contribution is 5.91. The van der Waals surface area contributed by atoms with Crippen LogP contribution in [-0.2, 0) is 17.9 Å². The molecular formula is C23H32N6O2. The molecule has 3 heterocycles. The average molecular weight is 425 g/mol. The van der Waals surface area contributed by atoms with Crippen LogP contribution >= 0.6 is 0 Å². The quantitative estimate of drug-likeness (QED) is 0.734. The van der Waals surface area contributed by atoms with Crippen molar-refractivity contribution in [1.29, 1.82) is 0 Å². The van der Waals surface area contributed by atoms with Crippen LogP contribution in [0.3, 0.4) is 0 Å². The van der Waals surface area contributed by atoms with Gasteiger partial charge in [0.2, 0.25) is 5.91 Å². The molecule has 0 aliphatic carbocycles. The number of nitrogens with one attached hydrogen (secondary N) is 1. The van der Waals surface area contributed by atoms with Crippen molar-refractivity contribution in [3.63, 3.8) is 0 Å². The predicted octanol–water partition coefficient (Wildman–Crippen LogP) is 1.93. The van der Waals surface area contributed by atoms with Gasteiger partial charge in [-0.3, -0.25) is 9.59 Å². The number of carbonyl (C=O) groups excluding carboxylic acids is 2. The minimum absolute atomic E-state index is 0.126. The summed E-state index contributed by atoms with van der Waals surface area (Å²) in [4.78, 5) is 29.7. The molecule has 2 aliphatic heterocycles. The van der Waals surface area contributed by atoms with Gasteiger partial charge < -0.3 is 15.1 Å². The van der Waals surface area contributed by atoms with Crippen LogP contribution in [0.2, 0.25) is 0 Å². The topological polar surface area (TPSA) is 83.4 Å². The van der Waals surface area contributed by atoms with E-state index in [0.717, 1.165) is 50.9 Å². The summed E-state index contributed by atoms with van der Waals surface area (Å²) in [6, 6.07) is 9.89. The number of carbonyl (C=O) groups is 2. The highest BCUT2D eigenvalue weighted by Crippen LogP contribution is 2.25. The third-order valence-corrected chi connectivity index (χ3v) is 6.46. The molecule has 0 unspecified atom stereocenters. The first kappa shape index (κ1) is 21.5. The van der Waals surface area contributed by atoms with Crippen molar-refractivity contribution in [3.8, 4) is 0 Å². The van der Waals surface area contributed by atoms with Gasteiger partial charge in [-0.05, 0) is 57.3 Å². The van der Waals surface area contributed by atoms with Crippen molar-refractivity contribution < 1.29 is 9.59 Å². The summed E-state index contributed by atoms with van der Waals surface area (Å²) in [6.45, 7) is 4.01. The van der Waals surface area contributed by atoms with Crippen LogP contribution in [0.4, 0.5) is 0 Å². The van der Waals surface area contributed by atoms with Crippen LogP contribution in [-0.4, -0.2) is 69.3 Å². The Labute approximate surface area is 183 Å². The van der Waals surface area contributed by atoms with Crippen LogP contribution in [0, 0.1) is 5.92 Å². The van der Waals surface area contributed by atoms with Crippen molar-refractivity contribution in [1.82, 2.24) is 30.1 Å². The van der Waals surface area contributed by atoms with Crippen LogP contribution in [0.5, 0.6) is 0 Å². The zero-order valence-electron chi connectivity index (χ0n) is 18.2. The molecule has 1 aromatic heterocycles. The van der Waals surface area contributed by atoms with Gasteiger partial charge in [-0.1, -0.05) is 35.5 Å². The van der Waals surface area contributed by atoms with E-state index in [0.29, 0.717) is 31.1 Å². The van der Waals surface area contributed by atoms with Crippen molar-refractivity contribution in [2.24, 2.45) is 5.92 Å². The fraction of sp³-hybridized carbons (Fsp3) is 0.565. The first-order chi connectivity index (χ1) is 15.1. The Morgan fingerprint density at radius 2 is 1.87 bits per heavy atom. The molecule has 0 radical (unpaired) electrons. The Balaban J connectivity index is 1.28. The maximum Gasteiger partial charge on any atom is 0.273 e. The molecule has 1 atom stereocenters. The number of aromatic nitrogens is 3. The third kappa shape index (κ3) is 5.70. The zero-order chi connectivity index (χ0) is 21.6. The van der Waals surface area contributed by atoms with Crippen molar-refractivity contribution in [2.75, 3.05) is 26.7 Å². The Morgan fingerprint density at radius 1 is 1.10 bits per heavy atom. The number of piperidine rings is 1. The van der Waals surface area contributed by atoms with E-state index < -0.39 is 0 Å². The van der Waals surface area contributed by atoms with E-state index >= 15 is 0 Å². The molecular weight excluding hydrogens is 392 g/mol. The molecule has 0 saturated carbocycles. The van der Waals surface area contributed by atoms with Crippen LogP contribution in [0.15, 0.2) is 36.5 Å². The number of amides is 2. The number of rotatable bonds is 7. The average Bonchev–Trinajstić information content (AvgIpc) is 3.44. The van der Waals surface area contributed by atoms with E-state index in [9.17, 15) is 9.59 Å². The Morgan fingerprint density at radius 3 is 2.65 bits per heavy atom. The third-order valence-electron chi connectivity index (χ3n) is 6.46. The van der Waals surface area contributed by atoms with Gasteiger partial charge in [-0.15, -0.1) is 5.10 Å². The van der Waals surface area contributed by atoms with Gasteiger partial charge in [0.15, 0.2) is 5.69 Å². The van der Waals surface area contributed by atoms with Gasteiger partial charge in [0.1, 0.15) is 0 Å². The van der Waals surface area contributed by atoms with Crippen LogP contribution in [0.1, 0.15) is 48.2 Å². The summed E-state index contributed by atoms with van der Waals surface area (Å²) in [5.74, 6) is 0.519. The first-order valence-corrected chi connectivity index (χ1v) is 11.3. The minimum atomic E-state index is -0.239. The molecule has 31 heavy (non-hydrogen) atoms. The normalized spacial score (nSPS) is 20.2. The predicted molar refractivity (Wildman–Crippen MR) is 117 cm³/mol. The van der Waals surface area contributed by atoms with Gasteiger partial charge in [-0.25, -0.2) is 4.68 Å². The zero-order valence-corrected chi connectivity index (χ0v) is 18.2. The van der Waals surface area contributed by atoms with E-state index in [1.165, 1.54) is 0 Å². The van der Waals surface area contributed by atoms with Crippen molar-refractivity contribution >= 4 is 11.8 Å². The molecule has 0 spiro atoms. The molecule has 4 rings (SSSR count). The molecule has 8 nitrogen and oxygen atoms in total. The first-order valence-electron chi connectivity index (χ1n) is 11.3. The minimum Gasteiger partial charge on any atom is -0.347 e. The summed E-state index contributed by atoms with van der Waals surface area (Å²) in [6.07, 6.45) is 6.52. The fourth-order valence-corrected chi connectivity index (χ4v) is 4.56. The second-order valence-corrected chi connectivity index (χ2v) is 8.83. The molecule has 2 aromatic rings. The lowest BCUT2D eigenvalue weighted by Crippen LogP contribution is -2.40. The Kier molecular flexibility index (Phi) is 6.96. The largest absolute Gasteiger partial charge is 0.347 e. The van der Waals surface area contributed by atoms with Crippen LogP contribution < -0.4 is 5.32 Å². The number of hydrogen-bond donors (Lipinski definition) is 1. The number of nitrogens with zero attached hydrogens (tertiary/aromatic N) is 5. The molecule has 2 aliphatic rings. The summed E-state index contributed by atoms with van der Waals surface area (Å²) in [5.41, 5.74) is 1.34. The maximum atomic E-state index is 12.9. The van der Waals surface area contributed by atoms with Crippen molar-refractivity contribution in [2.45, 2.75) is 51.2 Å². The Bertz CT molecular complexity index is 875. The molecule has 8 heteroatoms. The maximum absolute atomic E-state index is 12.9. The molecule has 2 fully saturated rings. The standard InChI is InChI=1S/C23H32N6O2/c1-27-12-9-18(10-13-27)14-22(30)29-11-5-8-20(29)16-28-17-21(25-26-28)23(31)24-15-19-6-3-2-4-7-19/h2-4,6-7,17-18,20H,5,8-16H2,1H3,(H,24,31)/t20-/m0/s1. The highest BCUT2D eigenvalue weighted by Gasteiger charge is 2.31. The van der Waals surface area contributed by atoms with Crippen molar-refractivity contribution in [3.05, 3.63) is 47.8 Å². The lowest BCUT2D eigenvalue weighted by molar-refractivity contribution is -0.133. The molecule has 1 N–H and O–H groups in total. The van der Waals surface area contributed by atoms with Gasteiger partial charge in [0.25, 0.3) is 5.91 Å². The van der Waals surface area contributed by atoms with Gasteiger partial charge in [0.05, 0.1) is 18.8 Å². The number of likely N-dealkylation sites (tertiary alicyclic amines) is 2. The van der Waals surface area contributed by atoms with E-state index in [4.69, 9.17) is 0 Å². The molecule has 2 saturated heterocycles. The molecule has 1 aromatic carbocycles. The van der Waals surface area contributed by atoms with E-state index in [1.54, 1.807) is 10.9 Å². The summed E-state index contributed by atoms with van der Waals surface area (Å²) >= 11 is 0. The fourth-order valence-electron chi connectivity index (χ4n) is 4.56. The lowest BCUT2D eigenvalue weighted by Gasteiger charge is -2.31.